The third-order valence-electron chi connectivity index (χ3n) is 2.91. The Hall–Kier alpha value is -1.95. The minimum Gasteiger partial charge on any atom is -0.325 e. The van der Waals surface area contributed by atoms with Crippen molar-refractivity contribution < 1.29 is 4.79 Å². The Bertz CT molecular complexity index is 608. The van der Waals surface area contributed by atoms with Crippen molar-refractivity contribution in [3.63, 3.8) is 0 Å². The molecule has 0 radical (unpaired) electrons. The predicted octanol–water partition coefficient (Wildman–Crippen LogP) is 1.85. The third-order valence-corrected chi connectivity index (χ3v) is 3.15. The van der Waals surface area contributed by atoms with Gasteiger partial charge in [0.05, 0.1) is 6.04 Å². The van der Waals surface area contributed by atoms with Gasteiger partial charge in [0.25, 0.3) is 0 Å². The molecule has 1 fully saturated rings. The van der Waals surface area contributed by atoms with E-state index in [0.717, 1.165) is 24.2 Å². The second kappa shape index (κ2) is 4.97. The lowest BCUT2D eigenvalue weighted by atomic mass is 10.2. The van der Waals surface area contributed by atoms with Crippen LogP contribution in [0.15, 0.2) is 24.3 Å². The quantitative estimate of drug-likeness (QED) is 0.866. The molecule has 0 spiro atoms. The molecule has 1 N–H and O–H groups in total. The molecule has 7 heteroatoms. The van der Waals surface area contributed by atoms with E-state index in [4.69, 9.17) is 11.6 Å². The minimum atomic E-state index is -0.236. The molecule has 0 aliphatic heterocycles. The van der Waals surface area contributed by atoms with Gasteiger partial charge >= 0.3 is 0 Å². The maximum Gasteiger partial charge on any atom is 0.239 e. The van der Waals surface area contributed by atoms with Crippen LogP contribution in [0.25, 0.3) is 11.4 Å². The first-order chi connectivity index (χ1) is 9.28. The zero-order chi connectivity index (χ0) is 13.2. The number of hydrogen-bond acceptors (Lipinski definition) is 4. The number of carbonyl (C=O) groups is 1. The molecule has 1 heterocycles. The van der Waals surface area contributed by atoms with Crippen LogP contribution < -0.4 is 5.32 Å². The van der Waals surface area contributed by atoms with Crippen molar-refractivity contribution in [1.29, 1.82) is 0 Å². The molecular weight excluding hydrogens is 266 g/mol. The Labute approximate surface area is 114 Å². The fraction of sp³-hybridized carbons (Fsp3) is 0.333. The Balaban J connectivity index is 1.90. The van der Waals surface area contributed by atoms with Gasteiger partial charge in [-0.2, -0.15) is 0 Å². The molecule has 1 aliphatic rings. The number of amides is 1. The first kappa shape index (κ1) is 12.1. The Morgan fingerprint density at radius 1 is 1.47 bits per heavy atom. The summed E-state index contributed by atoms with van der Waals surface area (Å²) in [6.45, 7) is 0. The number of nitrogens with zero attached hydrogens (tertiary/aromatic N) is 4. The molecule has 0 bridgehead atoms. The highest BCUT2D eigenvalue weighted by atomic mass is 35.5. The van der Waals surface area contributed by atoms with Crippen molar-refractivity contribution in [2.45, 2.75) is 18.9 Å². The number of halogens is 1. The smallest absolute Gasteiger partial charge is 0.239 e. The lowest BCUT2D eigenvalue weighted by Crippen LogP contribution is -2.12. The summed E-state index contributed by atoms with van der Waals surface area (Å²) in [5.74, 6) is 0.425. The van der Waals surface area contributed by atoms with Crippen molar-refractivity contribution in [3.05, 3.63) is 24.3 Å². The molecule has 1 aromatic carbocycles. The van der Waals surface area contributed by atoms with Crippen molar-refractivity contribution in [1.82, 2.24) is 20.2 Å². The van der Waals surface area contributed by atoms with Gasteiger partial charge in [-0.25, -0.2) is 4.68 Å². The Morgan fingerprint density at radius 3 is 3.05 bits per heavy atom. The van der Waals surface area contributed by atoms with Crippen LogP contribution in [0, 0.1) is 0 Å². The van der Waals surface area contributed by atoms with Gasteiger partial charge in [0, 0.05) is 11.3 Å². The molecule has 19 heavy (non-hydrogen) atoms. The normalized spacial score (nSPS) is 14.4. The fourth-order valence-corrected chi connectivity index (χ4v) is 1.95. The summed E-state index contributed by atoms with van der Waals surface area (Å²) >= 11 is 5.47. The van der Waals surface area contributed by atoms with Crippen molar-refractivity contribution in [2.75, 3.05) is 11.2 Å². The fourth-order valence-electron chi connectivity index (χ4n) is 1.88. The number of anilines is 1. The molecule has 98 valence electrons. The van der Waals surface area contributed by atoms with Crippen LogP contribution in [0.2, 0.25) is 0 Å². The maximum atomic E-state index is 11.3. The average molecular weight is 278 g/mol. The molecule has 1 saturated carbocycles. The average Bonchev–Trinajstić information content (AvgIpc) is 3.16. The number of carbonyl (C=O) groups excluding carboxylic acids is 1. The van der Waals surface area contributed by atoms with Crippen LogP contribution in [0.1, 0.15) is 18.9 Å². The number of aromatic nitrogens is 4. The molecule has 1 aromatic heterocycles. The van der Waals surface area contributed by atoms with E-state index >= 15 is 0 Å². The van der Waals surface area contributed by atoms with Crippen LogP contribution >= 0.6 is 11.6 Å². The molecular formula is C12H12ClN5O. The van der Waals surface area contributed by atoms with Gasteiger partial charge in [-0.15, -0.1) is 16.7 Å². The van der Waals surface area contributed by atoms with Crippen molar-refractivity contribution >= 4 is 23.2 Å². The first-order valence-electron chi connectivity index (χ1n) is 6.02. The summed E-state index contributed by atoms with van der Waals surface area (Å²) in [7, 11) is 0. The van der Waals surface area contributed by atoms with Crippen LogP contribution in [0.3, 0.4) is 0 Å². The monoisotopic (exact) mass is 277 g/mol. The van der Waals surface area contributed by atoms with E-state index in [1.165, 1.54) is 0 Å². The van der Waals surface area contributed by atoms with Gasteiger partial charge in [-0.1, -0.05) is 12.1 Å². The molecule has 3 rings (SSSR count). The SMILES string of the molecule is O=C(CCl)Nc1cccc(-c2nnnn2C2CC2)c1. The second-order valence-corrected chi connectivity index (χ2v) is 4.71. The number of alkyl halides is 1. The van der Waals surface area contributed by atoms with Crippen LogP contribution in [0.4, 0.5) is 5.69 Å². The zero-order valence-corrected chi connectivity index (χ0v) is 10.8. The van der Waals surface area contributed by atoms with Gasteiger partial charge in [-0.05, 0) is 35.4 Å². The highest BCUT2D eigenvalue weighted by molar-refractivity contribution is 6.29. The van der Waals surface area contributed by atoms with Crippen molar-refractivity contribution in [3.8, 4) is 11.4 Å². The largest absolute Gasteiger partial charge is 0.325 e. The highest BCUT2D eigenvalue weighted by Crippen LogP contribution is 2.36. The summed E-state index contributed by atoms with van der Waals surface area (Å²) in [6.07, 6.45) is 2.22. The summed E-state index contributed by atoms with van der Waals surface area (Å²) in [5, 5.41) is 14.5. The summed E-state index contributed by atoms with van der Waals surface area (Å²) in [6, 6.07) is 7.83. The van der Waals surface area contributed by atoms with E-state index in [1.54, 1.807) is 6.07 Å². The van der Waals surface area contributed by atoms with Gasteiger partial charge in [-0.3, -0.25) is 4.79 Å². The van der Waals surface area contributed by atoms with Crippen LogP contribution in [-0.2, 0) is 4.79 Å². The second-order valence-electron chi connectivity index (χ2n) is 4.44. The van der Waals surface area contributed by atoms with E-state index in [1.807, 2.05) is 22.9 Å². The van der Waals surface area contributed by atoms with E-state index in [9.17, 15) is 4.79 Å². The molecule has 0 saturated heterocycles. The molecule has 1 aliphatic carbocycles. The van der Waals surface area contributed by atoms with Gasteiger partial charge in [0.15, 0.2) is 5.82 Å². The number of tetrazole rings is 1. The standard InChI is InChI=1S/C12H12ClN5O/c13-7-11(19)14-9-3-1-2-8(6-9)12-15-16-17-18(12)10-4-5-10/h1-3,6,10H,4-5,7H2,(H,14,19). The van der Waals surface area contributed by atoms with E-state index in [0.29, 0.717) is 11.7 Å². The highest BCUT2D eigenvalue weighted by Gasteiger charge is 2.28. The van der Waals surface area contributed by atoms with Gasteiger partial charge in [0.1, 0.15) is 5.88 Å². The summed E-state index contributed by atoms with van der Waals surface area (Å²) in [4.78, 5) is 11.3. The Morgan fingerprint density at radius 2 is 2.32 bits per heavy atom. The minimum absolute atomic E-state index is 0.0654. The topological polar surface area (TPSA) is 72.7 Å². The zero-order valence-electron chi connectivity index (χ0n) is 10.1. The number of rotatable bonds is 4. The van der Waals surface area contributed by atoms with Crippen molar-refractivity contribution in [2.24, 2.45) is 0 Å². The van der Waals surface area contributed by atoms with Gasteiger partial charge in [0.2, 0.25) is 5.91 Å². The van der Waals surface area contributed by atoms with Gasteiger partial charge < -0.3 is 5.32 Å². The molecule has 0 atom stereocenters. The number of benzene rings is 1. The lowest BCUT2D eigenvalue weighted by molar-refractivity contribution is -0.113. The summed E-state index contributed by atoms with van der Waals surface area (Å²) in [5.41, 5.74) is 1.57. The number of nitrogens with one attached hydrogen (secondary N) is 1. The first-order valence-corrected chi connectivity index (χ1v) is 6.55. The Kier molecular flexibility index (Phi) is 3.16. The third kappa shape index (κ3) is 2.58. The summed E-state index contributed by atoms with van der Waals surface area (Å²) < 4.78 is 1.84. The van der Waals surface area contributed by atoms with E-state index in [-0.39, 0.29) is 11.8 Å². The van der Waals surface area contributed by atoms with Crippen LogP contribution in [-0.4, -0.2) is 32.0 Å². The predicted molar refractivity (Wildman–Crippen MR) is 70.9 cm³/mol. The lowest BCUT2D eigenvalue weighted by Gasteiger charge is -2.06. The molecule has 6 nitrogen and oxygen atoms in total. The maximum absolute atomic E-state index is 11.3. The van der Waals surface area contributed by atoms with E-state index in [2.05, 4.69) is 20.8 Å². The van der Waals surface area contributed by atoms with E-state index < -0.39 is 0 Å². The molecule has 0 unspecified atom stereocenters. The number of hydrogen-bond donors (Lipinski definition) is 1. The van der Waals surface area contributed by atoms with Crippen LogP contribution in [0.5, 0.6) is 0 Å². The molecule has 2 aromatic rings. The molecule has 1 amide bonds.